The number of carboxylic acids is 1. The summed E-state index contributed by atoms with van der Waals surface area (Å²) in [7, 11) is 0. The van der Waals surface area contributed by atoms with Crippen molar-refractivity contribution in [3.63, 3.8) is 0 Å². The summed E-state index contributed by atoms with van der Waals surface area (Å²) in [6, 6.07) is 6.58. The molecule has 1 aromatic carbocycles. The minimum atomic E-state index is -0.887. The first-order chi connectivity index (χ1) is 8.04. The molecule has 1 N–H and O–H groups in total. The zero-order valence-corrected chi connectivity index (χ0v) is 10.2. The van der Waals surface area contributed by atoms with Crippen molar-refractivity contribution in [3.8, 4) is 0 Å². The number of carbonyl (C=O) groups is 1. The number of carboxylic acid groups (broad SMARTS) is 1. The summed E-state index contributed by atoms with van der Waals surface area (Å²) in [6.07, 6.45) is 0.835. The van der Waals surface area contributed by atoms with Gasteiger partial charge in [-0.2, -0.15) is 0 Å². The number of hydrogen-bond donors (Lipinski definition) is 1. The summed E-state index contributed by atoms with van der Waals surface area (Å²) in [6.45, 7) is 4.20. The van der Waals surface area contributed by atoms with Crippen molar-refractivity contribution < 1.29 is 14.3 Å². The van der Waals surface area contributed by atoms with Gasteiger partial charge in [0, 0.05) is 18.2 Å². The summed E-state index contributed by atoms with van der Waals surface area (Å²) >= 11 is 0. The monoisotopic (exact) mass is 239 g/mol. The molecular formula is C13H18FNO2. The van der Waals surface area contributed by atoms with Gasteiger partial charge >= 0.3 is 5.97 Å². The zero-order valence-electron chi connectivity index (χ0n) is 10.2. The third-order valence-corrected chi connectivity index (χ3v) is 2.88. The standard InChI is InChI=1S/C13H18FNO2/c1-3-10(2)15(9-13(16)17)8-11-6-4-5-7-12(11)14/h4-7,10H,3,8-9H2,1-2H3,(H,16,17)/t10-/m1/s1. The maximum atomic E-state index is 13.5. The van der Waals surface area contributed by atoms with Crippen molar-refractivity contribution in [1.29, 1.82) is 0 Å². The van der Waals surface area contributed by atoms with Gasteiger partial charge < -0.3 is 5.11 Å². The van der Waals surface area contributed by atoms with E-state index in [0.29, 0.717) is 12.1 Å². The topological polar surface area (TPSA) is 40.5 Å². The third kappa shape index (κ3) is 4.15. The lowest BCUT2D eigenvalue weighted by atomic mass is 10.1. The molecule has 0 radical (unpaired) electrons. The van der Waals surface area contributed by atoms with E-state index in [1.165, 1.54) is 6.07 Å². The van der Waals surface area contributed by atoms with Crippen molar-refractivity contribution in [2.45, 2.75) is 32.9 Å². The smallest absolute Gasteiger partial charge is 0.317 e. The van der Waals surface area contributed by atoms with Crippen molar-refractivity contribution in [3.05, 3.63) is 35.6 Å². The van der Waals surface area contributed by atoms with Gasteiger partial charge in [0.1, 0.15) is 5.82 Å². The highest BCUT2D eigenvalue weighted by molar-refractivity contribution is 5.69. The Hall–Kier alpha value is -1.42. The van der Waals surface area contributed by atoms with E-state index >= 15 is 0 Å². The maximum Gasteiger partial charge on any atom is 0.317 e. The Labute approximate surface area is 101 Å². The molecule has 0 aliphatic rings. The van der Waals surface area contributed by atoms with Gasteiger partial charge in [-0.05, 0) is 19.4 Å². The number of aliphatic carboxylic acids is 1. The van der Waals surface area contributed by atoms with Crippen LogP contribution in [0.25, 0.3) is 0 Å². The van der Waals surface area contributed by atoms with Gasteiger partial charge in [0.05, 0.1) is 6.54 Å². The molecular weight excluding hydrogens is 221 g/mol. The summed E-state index contributed by atoms with van der Waals surface area (Å²) < 4.78 is 13.5. The Balaban J connectivity index is 2.79. The number of benzene rings is 1. The molecule has 0 aliphatic heterocycles. The highest BCUT2D eigenvalue weighted by Crippen LogP contribution is 2.13. The Bertz CT molecular complexity index is 381. The van der Waals surface area contributed by atoms with E-state index in [1.807, 2.05) is 13.8 Å². The molecule has 0 unspecified atom stereocenters. The van der Waals surface area contributed by atoms with Crippen LogP contribution >= 0.6 is 0 Å². The van der Waals surface area contributed by atoms with Crippen LogP contribution in [0.1, 0.15) is 25.8 Å². The van der Waals surface area contributed by atoms with Gasteiger partial charge in [0.15, 0.2) is 0 Å². The van der Waals surface area contributed by atoms with E-state index in [2.05, 4.69) is 0 Å². The fourth-order valence-corrected chi connectivity index (χ4v) is 1.64. The van der Waals surface area contributed by atoms with Gasteiger partial charge in [0.2, 0.25) is 0 Å². The van der Waals surface area contributed by atoms with Crippen molar-refractivity contribution in [2.75, 3.05) is 6.54 Å². The van der Waals surface area contributed by atoms with Crippen LogP contribution in [-0.4, -0.2) is 28.6 Å². The average molecular weight is 239 g/mol. The van der Waals surface area contributed by atoms with E-state index in [9.17, 15) is 9.18 Å². The number of rotatable bonds is 6. The molecule has 1 aromatic rings. The minimum absolute atomic E-state index is 0.0661. The van der Waals surface area contributed by atoms with E-state index < -0.39 is 5.97 Å². The first-order valence-electron chi connectivity index (χ1n) is 5.73. The molecule has 0 heterocycles. The average Bonchev–Trinajstić information content (AvgIpc) is 2.29. The highest BCUT2D eigenvalue weighted by Gasteiger charge is 2.17. The molecule has 1 rings (SSSR count). The molecule has 3 nitrogen and oxygen atoms in total. The first-order valence-corrected chi connectivity index (χ1v) is 5.73. The lowest BCUT2D eigenvalue weighted by Gasteiger charge is -2.26. The van der Waals surface area contributed by atoms with Gasteiger partial charge in [-0.25, -0.2) is 4.39 Å². The SMILES string of the molecule is CC[C@@H](C)N(CC(=O)O)Cc1ccccc1F. The fraction of sp³-hybridized carbons (Fsp3) is 0.462. The molecule has 0 saturated heterocycles. The second kappa shape index (κ2) is 6.35. The number of hydrogen-bond acceptors (Lipinski definition) is 2. The van der Waals surface area contributed by atoms with Crippen molar-refractivity contribution >= 4 is 5.97 Å². The third-order valence-electron chi connectivity index (χ3n) is 2.88. The van der Waals surface area contributed by atoms with E-state index in [4.69, 9.17) is 5.11 Å². The molecule has 4 heteroatoms. The predicted octanol–water partition coefficient (Wildman–Crippen LogP) is 2.51. The molecule has 1 atom stereocenters. The van der Waals surface area contributed by atoms with Crippen LogP contribution in [0.4, 0.5) is 4.39 Å². The first kappa shape index (κ1) is 13.6. The normalized spacial score (nSPS) is 12.7. The van der Waals surface area contributed by atoms with Crippen LogP contribution in [0.5, 0.6) is 0 Å². The Morgan fingerprint density at radius 3 is 2.65 bits per heavy atom. The molecule has 0 bridgehead atoms. The Morgan fingerprint density at radius 2 is 2.12 bits per heavy atom. The number of halogens is 1. The molecule has 17 heavy (non-hydrogen) atoms. The Kier molecular flexibility index (Phi) is 5.10. The maximum absolute atomic E-state index is 13.5. The molecule has 0 aliphatic carbocycles. The molecule has 0 fully saturated rings. The summed E-state index contributed by atoms with van der Waals surface area (Å²) in [5.74, 6) is -1.17. The van der Waals surface area contributed by atoms with Gasteiger partial charge in [-0.1, -0.05) is 25.1 Å². The summed E-state index contributed by atoms with van der Waals surface area (Å²) in [5.41, 5.74) is 0.536. The largest absolute Gasteiger partial charge is 0.480 e. The van der Waals surface area contributed by atoms with Crippen LogP contribution in [0.15, 0.2) is 24.3 Å². The fourth-order valence-electron chi connectivity index (χ4n) is 1.64. The quantitative estimate of drug-likeness (QED) is 0.829. The minimum Gasteiger partial charge on any atom is -0.480 e. The zero-order chi connectivity index (χ0) is 12.8. The van der Waals surface area contributed by atoms with Gasteiger partial charge in [0.25, 0.3) is 0 Å². The van der Waals surface area contributed by atoms with Crippen molar-refractivity contribution in [2.24, 2.45) is 0 Å². The highest BCUT2D eigenvalue weighted by atomic mass is 19.1. The molecule has 0 saturated carbocycles. The predicted molar refractivity (Wildman–Crippen MR) is 64.2 cm³/mol. The van der Waals surface area contributed by atoms with E-state index in [-0.39, 0.29) is 18.4 Å². The molecule has 94 valence electrons. The van der Waals surface area contributed by atoms with E-state index in [1.54, 1.807) is 23.1 Å². The molecule has 0 amide bonds. The van der Waals surface area contributed by atoms with Gasteiger partial charge in [-0.3, -0.25) is 9.69 Å². The van der Waals surface area contributed by atoms with E-state index in [0.717, 1.165) is 6.42 Å². The van der Waals surface area contributed by atoms with Crippen LogP contribution in [0.2, 0.25) is 0 Å². The van der Waals surface area contributed by atoms with Crippen molar-refractivity contribution in [1.82, 2.24) is 4.90 Å². The van der Waals surface area contributed by atoms with Crippen LogP contribution in [0.3, 0.4) is 0 Å². The number of nitrogens with zero attached hydrogens (tertiary/aromatic N) is 1. The van der Waals surface area contributed by atoms with Gasteiger partial charge in [-0.15, -0.1) is 0 Å². The summed E-state index contributed by atoms with van der Waals surface area (Å²) in [5, 5.41) is 8.84. The Morgan fingerprint density at radius 1 is 1.47 bits per heavy atom. The van der Waals surface area contributed by atoms with Crippen LogP contribution in [-0.2, 0) is 11.3 Å². The second-order valence-corrected chi connectivity index (χ2v) is 4.15. The van der Waals surface area contributed by atoms with Crippen LogP contribution in [0, 0.1) is 5.82 Å². The lowest BCUT2D eigenvalue weighted by molar-refractivity contribution is -0.139. The molecule has 0 spiro atoms. The summed E-state index contributed by atoms with van der Waals surface area (Å²) in [4.78, 5) is 12.5. The van der Waals surface area contributed by atoms with Crippen LogP contribution < -0.4 is 0 Å². The second-order valence-electron chi connectivity index (χ2n) is 4.15. The molecule has 0 aromatic heterocycles. The lowest BCUT2D eigenvalue weighted by Crippen LogP contribution is -2.36.